The molecule has 14 N–H and O–H groups in total. The summed E-state index contributed by atoms with van der Waals surface area (Å²) in [6.07, 6.45) is 1.44. The summed E-state index contributed by atoms with van der Waals surface area (Å²) in [4.78, 5) is 38.3. The molecule has 0 saturated carbocycles. The molecular formula is C57H106N2O21. The maximum absolute atomic E-state index is 13.4. The summed E-state index contributed by atoms with van der Waals surface area (Å²) in [6.45, 7) is 2.15. The molecule has 0 aliphatic carbocycles. The van der Waals surface area contributed by atoms with Crippen molar-refractivity contribution >= 4 is 17.8 Å². The number of carbonyl (C=O) groups excluding carboxylic acids is 2. The molecule has 3 fully saturated rings. The number of carboxylic acids is 1. The van der Waals surface area contributed by atoms with Crippen LogP contribution in [0.4, 0.5) is 0 Å². The van der Waals surface area contributed by atoms with Crippen LogP contribution in [-0.2, 0) is 42.8 Å². The summed E-state index contributed by atoms with van der Waals surface area (Å²) in [5, 5.41) is 135. The van der Waals surface area contributed by atoms with Crippen molar-refractivity contribution in [3.05, 3.63) is 0 Å². The van der Waals surface area contributed by atoms with Gasteiger partial charge in [0.25, 0.3) is 5.79 Å². The maximum atomic E-state index is 13.4. The minimum absolute atomic E-state index is 0.228. The van der Waals surface area contributed by atoms with Crippen LogP contribution in [0.3, 0.4) is 0 Å². The molecule has 3 aliphatic rings. The van der Waals surface area contributed by atoms with E-state index in [2.05, 4.69) is 24.5 Å². The zero-order valence-electron chi connectivity index (χ0n) is 48.2. The van der Waals surface area contributed by atoms with Crippen LogP contribution in [0.5, 0.6) is 0 Å². The molecule has 470 valence electrons. The molecule has 18 atom stereocenters. The predicted octanol–water partition coefficient (Wildman–Crippen LogP) is 2.61. The number of unbranched alkanes of at least 4 members (excludes halogenated alkanes) is 24. The Morgan fingerprint density at radius 1 is 0.600 bits per heavy atom. The lowest BCUT2D eigenvalue weighted by Gasteiger charge is -2.50. The third-order valence-corrected chi connectivity index (χ3v) is 15.8. The fourth-order valence-electron chi connectivity index (χ4n) is 10.9. The fourth-order valence-corrected chi connectivity index (χ4v) is 10.9. The first kappa shape index (κ1) is 72.0. The molecule has 80 heavy (non-hydrogen) atoms. The second-order valence-corrected chi connectivity index (χ2v) is 22.6. The molecule has 0 aromatic carbocycles. The summed E-state index contributed by atoms with van der Waals surface area (Å²) in [6, 6.07) is -2.52. The smallest absolute Gasteiger partial charge is 0.364 e. The molecule has 0 radical (unpaired) electrons. The van der Waals surface area contributed by atoms with Crippen LogP contribution in [0.25, 0.3) is 0 Å². The number of carboxylic acid groups (broad SMARTS) is 1. The highest BCUT2D eigenvalue weighted by atomic mass is 16.8. The topological polar surface area (TPSA) is 373 Å². The molecule has 3 rings (SSSR count). The van der Waals surface area contributed by atoms with E-state index in [-0.39, 0.29) is 18.9 Å². The van der Waals surface area contributed by atoms with Gasteiger partial charge in [-0.25, -0.2) is 4.79 Å². The SMILES string of the molecule is CCCCCCCCCCCCCCCCCCC(=O)NC(COC1OC(CO)C(OC2OC(CO)C(O)C(OC3(C(=O)O)CC(O)C(NC(C)=O)C(C(O)C(O)CO)O3)C2O)C(O)C1O)C(O)CCCCCCCCCCCC. The van der Waals surface area contributed by atoms with E-state index in [1.165, 1.54) is 103 Å². The molecule has 2 amide bonds. The van der Waals surface area contributed by atoms with Crippen molar-refractivity contribution in [1.29, 1.82) is 0 Å². The third kappa shape index (κ3) is 24.4. The van der Waals surface area contributed by atoms with Crippen molar-refractivity contribution in [3.63, 3.8) is 0 Å². The number of aliphatic carboxylic acids is 1. The minimum Gasteiger partial charge on any atom is -0.477 e. The van der Waals surface area contributed by atoms with E-state index >= 15 is 0 Å². The lowest BCUT2D eigenvalue weighted by molar-refractivity contribution is -0.386. The Kier molecular flexibility index (Phi) is 36.1. The van der Waals surface area contributed by atoms with Crippen LogP contribution in [0.15, 0.2) is 0 Å². The van der Waals surface area contributed by atoms with E-state index in [0.29, 0.717) is 19.3 Å². The Bertz CT molecular complexity index is 1660. The van der Waals surface area contributed by atoms with Crippen LogP contribution in [0.1, 0.15) is 207 Å². The fraction of sp³-hybridized carbons (Fsp3) is 0.947. The zero-order chi connectivity index (χ0) is 59.0. The first-order chi connectivity index (χ1) is 38.4. The Hall–Kier alpha value is -2.27. The normalized spacial score (nSPS) is 30.6. The van der Waals surface area contributed by atoms with Crippen LogP contribution < -0.4 is 10.6 Å². The van der Waals surface area contributed by atoms with E-state index < -0.39 is 148 Å². The number of aliphatic hydroxyl groups is 11. The summed E-state index contributed by atoms with van der Waals surface area (Å²) in [5.41, 5.74) is 0. The van der Waals surface area contributed by atoms with Crippen molar-refractivity contribution in [2.24, 2.45) is 0 Å². The van der Waals surface area contributed by atoms with Gasteiger partial charge in [0.2, 0.25) is 11.8 Å². The van der Waals surface area contributed by atoms with Gasteiger partial charge in [-0.2, -0.15) is 0 Å². The van der Waals surface area contributed by atoms with E-state index in [1.807, 2.05) is 0 Å². The number of hydrogen-bond donors (Lipinski definition) is 14. The van der Waals surface area contributed by atoms with Gasteiger partial charge in [-0.1, -0.05) is 174 Å². The van der Waals surface area contributed by atoms with Crippen LogP contribution in [0.2, 0.25) is 0 Å². The van der Waals surface area contributed by atoms with Crippen molar-refractivity contribution in [2.45, 2.75) is 317 Å². The van der Waals surface area contributed by atoms with E-state index in [9.17, 15) is 75.7 Å². The van der Waals surface area contributed by atoms with E-state index in [0.717, 1.165) is 58.3 Å². The standard InChI is InChI=1S/C57H106N2O21/c1-4-6-8-10-12-14-16-17-18-19-20-21-23-25-27-29-31-44(67)59-38(39(64)30-28-26-24-22-15-13-11-9-7-5-2)36-75-54-49(71)48(70)51(43(35-62)77-54)78-55-50(72)53(47(69)42(34-61)76-55)80-57(56(73)74)32-40(65)45(58-37(3)63)52(79-57)46(68)41(66)33-60/h38-43,45-55,60-62,64-66,68-72H,4-36H2,1-3H3,(H,58,63)(H,59,67)(H,73,74). The molecule has 0 spiro atoms. The molecule has 23 nitrogen and oxygen atoms in total. The molecule has 0 aromatic rings. The Morgan fingerprint density at radius 2 is 1.09 bits per heavy atom. The second kappa shape index (κ2) is 40.1. The average Bonchev–Trinajstić information content (AvgIpc) is 3.55. The van der Waals surface area contributed by atoms with Gasteiger partial charge in [-0.05, 0) is 12.8 Å². The van der Waals surface area contributed by atoms with Gasteiger partial charge in [-0.15, -0.1) is 0 Å². The van der Waals surface area contributed by atoms with E-state index in [4.69, 9.17) is 28.4 Å². The van der Waals surface area contributed by atoms with Crippen LogP contribution in [0, 0.1) is 0 Å². The monoisotopic (exact) mass is 1150 g/mol. The Balaban J connectivity index is 1.65. The van der Waals surface area contributed by atoms with Crippen LogP contribution >= 0.6 is 0 Å². The maximum Gasteiger partial charge on any atom is 0.364 e. The van der Waals surface area contributed by atoms with Gasteiger partial charge in [0.15, 0.2) is 12.6 Å². The predicted molar refractivity (Wildman–Crippen MR) is 292 cm³/mol. The summed E-state index contributed by atoms with van der Waals surface area (Å²) >= 11 is 0. The molecule has 3 heterocycles. The summed E-state index contributed by atoms with van der Waals surface area (Å²) in [5.74, 6) is -6.10. The van der Waals surface area contributed by atoms with Crippen molar-refractivity contribution < 1.29 is 104 Å². The molecular weight excluding hydrogens is 1050 g/mol. The number of amides is 2. The molecule has 18 unspecified atom stereocenters. The molecule has 0 bridgehead atoms. The van der Waals surface area contributed by atoms with Gasteiger partial charge in [0, 0.05) is 19.8 Å². The highest BCUT2D eigenvalue weighted by Gasteiger charge is 2.60. The summed E-state index contributed by atoms with van der Waals surface area (Å²) < 4.78 is 34.7. The van der Waals surface area contributed by atoms with Crippen LogP contribution in [-0.4, -0.2) is 215 Å². The number of nitrogens with one attached hydrogen (secondary N) is 2. The largest absolute Gasteiger partial charge is 0.477 e. The lowest BCUT2D eigenvalue weighted by atomic mass is 9.88. The molecule has 3 saturated heterocycles. The van der Waals surface area contributed by atoms with Gasteiger partial charge in [0.1, 0.15) is 67.1 Å². The van der Waals surface area contributed by atoms with Crippen molar-refractivity contribution in [2.75, 3.05) is 26.4 Å². The lowest BCUT2D eigenvalue weighted by Crippen LogP contribution is -2.70. The number of carbonyl (C=O) groups is 3. The molecule has 0 aromatic heterocycles. The Morgan fingerprint density at radius 3 is 1.56 bits per heavy atom. The number of rotatable bonds is 44. The highest BCUT2D eigenvalue weighted by molar-refractivity contribution is 5.77. The molecule has 3 aliphatic heterocycles. The zero-order valence-corrected chi connectivity index (χ0v) is 48.2. The quantitative estimate of drug-likeness (QED) is 0.0390. The van der Waals surface area contributed by atoms with Crippen molar-refractivity contribution in [1.82, 2.24) is 10.6 Å². The van der Waals surface area contributed by atoms with Crippen molar-refractivity contribution in [3.8, 4) is 0 Å². The number of aliphatic hydroxyl groups excluding tert-OH is 11. The Labute approximate surface area is 474 Å². The van der Waals surface area contributed by atoms with E-state index in [1.54, 1.807) is 0 Å². The average molecular weight is 1160 g/mol. The minimum atomic E-state index is -3.07. The third-order valence-electron chi connectivity index (χ3n) is 15.8. The first-order valence-corrected chi connectivity index (χ1v) is 30.4. The molecule has 23 heteroatoms. The summed E-state index contributed by atoms with van der Waals surface area (Å²) in [7, 11) is 0. The van der Waals surface area contributed by atoms with Gasteiger partial charge in [-0.3, -0.25) is 9.59 Å². The van der Waals surface area contributed by atoms with Gasteiger partial charge in [0.05, 0.1) is 50.7 Å². The highest BCUT2D eigenvalue weighted by Crippen LogP contribution is 2.38. The second-order valence-electron chi connectivity index (χ2n) is 22.6. The number of ether oxygens (including phenoxy) is 6. The van der Waals surface area contributed by atoms with Gasteiger partial charge < -0.3 is 100 Å². The van der Waals surface area contributed by atoms with Gasteiger partial charge >= 0.3 is 5.97 Å². The number of hydrogen-bond acceptors (Lipinski definition) is 20. The first-order valence-electron chi connectivity index (χ1n) is 30.4.